The Labute approximate surface area is 130 Å². The zero-order chi connectivity index (χ0) is 16.4. The van der Waals surface area contributed by atoms with Gasteiger partial charge in [-0.2, -0.15) is 0 Å². The standard InChI is InChI=1S/C17H21NO4/c1-9-6-12(18)15(10(2)17(9)22-5)16-13(19)7-11(20-3)8-14(16)21-4/h6-8,19H,18H2,1-5H3. The molecule has 0 heterocycles. The van der Waals surface area contributed by atoms with Crippen LogP contribution in [0.25, 0.3) is 11.1 Å². The van der Waals surface area contributed by atoms with Crippen molar-refractivity contribution in [2.75, 3.05) is 27.1 Å². The van der Waals surface area contributed by atoms with E-state index in [9.17, 15) is 5.11 Å². The van der Waals surface area contributed by atoms with Crippen molar-refractivity contribution < 1.29 is 19.3 Å². The maximum atomic E-state index is 10.4. The molecule has 0 radical (unpaired) electrons. The predicted molar refractivity (Wildman–Crippen MR) is 87.1 cm³/mol. The molecule has 0 spiro atoms. The largest absolute Gasteiger partial charge is 0.507 e. The molecule has 0 saturated carbocycles. The summed E-state index contributed by atoms with van der Waals surface area (Å²) in [6, 6.07) is 5.06. The van der Waals surface area contributed by atoms with Gasteiger partial charge in [0.25, 0.3) is 0 Å². The maximum absolute atomic E-state index is 10.4. The molecule has 0 aliphatic heterocycles. The number of ether oxygens (including phenoxy) is 3. The highest BCUT2D eigenvalue weighted by Gasteiger charge is 2.21. The van der Waals surface area contributed by atoms with Gasteiger partial charge < -0.3 is 25.1 Å². The molecule has 0 amide bonds. The quantitative estimate of drug-likeness (QED) is 0.848. The number of aryl methyl sites for hydroxylation is 1. The molecule has 2 aromatic rings. The van der Waals surface area contributed by atoms with Gasteiger partial charge in [0.15, 0.2) is 0 Å². The van der Waals surface area contributed by atoms with Crippen molar-refractivity contribution in [2.45, 2.75) is 13.8 Å². The molecule has 0 saturated heterocycles. The second-order valence-electron chi connectivity index (χ2n) is 5.04. The Kier molecular flexibility index (Phi) is 4.35. The molecule has 0 unspecified atom stereocenters. The first kappa shape index (κ1) is 15.8. The summed E-state index contributed by atoms with van der Waals surface area (Å²) in [5.74, 6) is 1.77. The fourth-order valence-corrected chi connectivity index (χ4v) is 2.75. The number of phenolic OH excluding ortho intramolecular Hbond substituents is 1. The summed E-state index contributed by atoms with van der Waals surface area (Å²) >= 11 is 0. The van der Waals surface area contributed by atoms with Crippen molar-refractivity contribution in [3.05, 3.63) is 29.3 Å². The number of aromatic hydroxyl groups is 1. The molecule has 2 aromatic carbocycles. The van der Waals surface area contributed by atoms with E-state index in [2.05, 4.69) is 0 Å². The van der Waals surface area contributed by atoms with Crippen molar-refractivity contribution in [1.82, 2.24) is 0 Å². The number of rotatable bonds is 4. The molecule has 0 aliphatic carbocycles. The Morgan fingerprint density at radius 3 is 2.14 bits per heavy atom. The van der Waals surface area contributed by atoms with E-state index in [-0.39, 0.29) is 5.75 Å². The minimum atomic E-state index is 0.0388. The van der Waals surface area contributed by atoms with Gasteiger partial charge in [-0.15, -0.1) is 0 Å². The van der Waals surface area contributed by atoms with E-state index in [4.69, 9.17) is 19.9 Å². The van der Waals surface area contributed by atoms with Gasteiger partial charge in [0.2, 0.25) is 0 Å². The molecule has 2 rings (SSSR count). The van der Waals surface area contributed by atoms with Gasteiger partial charge in [0.05, 0.1) is 26.9 Å². The summed E-state index contributed by atoms with van der Waals surface area (Å²) in [5.41, 5.74) is 9.74. The van der Waals surface area contributed by atoms with Crippen LogP contribution in [0, 0.1) is 13.8 Å². The third-order valence-corrected chi connectivity index (χ3v) is 3.70. The van der Waals surface area contributed by atoms with E-state index in [0.29, 0.717) is 28.3 Å². The van der Waals surface area contributed by atoms with Gasteiger partial charge >= 0.3 is 0 Å². The zero-order valence-corrected chi connectivity index (χ0v) is 13.5. The van der Waals surface area contributed by atoms with Gasteiger partial charge in [0, 0.05) is 28.9 Å². The third kappa shape index (κ3) is 2.50. The number of nitrogens with two attached hydrogens (primary N) is 1. The molecule has 0 bridgehead atoms. The van der Waals surface area contributed by atoms with Crippen molar-refractivity contribution in [3.63, 3.8) is 0 Å². The van der Waals surface area contributed by atoms with E-state index >= 15 is 0 Å². The van der Waals surface area contributed by atoms with Crippen LogP contribution in [-0.2, 0) is 0 Å². The first-order chi connectivity index (χ1) is 10.4. The van der Waals surface area contributed by atoms with Gasteiger partial charge in [-0.3, -0.25) is 0 Å². The highest BCUT2D eigenvalue weighted by molar-refractivity contribution is 5.89. The van der Waals surface area contributed by atoms with Crippen molar-refractivity contribution >= 4 is 5.69 Å². The molecular formula is C17H21NO4. The van der Waals surface area contributed by atoms with Gasteiger partial charge in [-0.25, -0.2) is 0 Å². The predicted octanol–water partition coefficient (Wildman–Crippen LogP) is 3.28. The first-order valence-electron chi connectivity index (χ1n) is 6.83. The van der Waals surface area contributed by atoms with Gasteiger partial charge in [-0.1, -0.05) is 0 Å². The maximum Gasteiger partial charge on any atom is 0.134 e. The molecular weight excluding hydrogens is 282 g/mol. The minimum Gasteiger partial charge on any atom is -0.507 e. The number of methoxy groups -OCH3 is 3. The van der Waals surface area contributed by atoms with Crippen molar-refractivity contribution in [3.8, 4) is 34.1 Å². The number of benzene rings is 2. The van der Waals surface area contributed by atoms with Crippen LogP contribution in [0.5, 0.6) is 23.0 Å². The van der Waals surface area contributed by atoms with Crippen LogP contribution < -0.4 is 19.9 Å². The summed E-state index contributed by atoms with van der Waals surface area (Å²) in [7, 11) is 4.68. The lowest BCUT2D eigenvalue weighted by Crippen LogP contribution is -2.01. The third-order valence-electron chi connectivity index (χ3n) is 3.70. The molecule has 118 valence electrons. The number of nitrogen functional groups attached to an aromatic ring is 1. The highest BCUT2D eigenvalue weighted by Crippen LogP contribution is 2.47. The Morgan fingerprint density at radius 1 is 0.909 bits per heavy atom. The van der Waals surface area contributed by atoms with Gasteiger partial charge in [-0.05, 0) is 25.5 Å². The lowest BCUT2D eigenvalue weighted by atomic mass is 9.94. The molecule has 0 aromatic heterocycles. The number of hydrogen-bond donors (Lipinski definition) is 2. The number of anilines is 1. The Hall–Kier alpha value is -2.56. The second kappa shape index (κ2) is 6.05. The summed E-state index contributed by atoms with van der Waals surface area (Å²) in [6.45, 7) is 3.83. The van der Waals surface area contributed by atoms with Crippen LogP contribution in [0.2, 0.25) is 0 Å². The normalized spacial score (nSPS) is 10.4. The fraction of sp³-hybridized carbons (Fsp3) is 0.294. The molecule has 5 nitrogen and oxygen atoms in total. The van der Waals surface area contributed by atoms with E-state index in [1.807, 2.05) is 19.9 Å². The number of phenols is 1. The van der Waals surface area contributed by atoms with Crippen LogP contribution in [0.4, 0.5) is 5.69 Å². The Bertz CT molecular complexity index is 711. The van der Waals surface area contributed by atoms with Crippen molar-refractivity contribution in [2.24, 2.45) is 0 Å². The fourth-order valence-electron chi connectivity index (χ4n) is 2.75. The lowest BCUT2D eigenvalue weighted by Gasteiger charge is -2.19. The average molecular weight is 303 g/mol. The highest BCUT2D eigenvalue weighted by atomic mass is 16.5. The summed E-state index contributed by atoms with van der Waals surface area (Å²) in [5, 5.41) is 10.4. The molecule has 5 heteroatoms. The van der Waals surface area contributed by atoms with E-state index in [1.54, 1.807) is 13.2 Å². The molecule has 0 fully saturated rings. The first-order valence-corrected chi connectivity index (χ1v) is 6.83. The van der Waals surface area contributed by atoms with Crippen LogP contribution in [0.15, 0.2) is 18.2 Å². The molecule has 22 heavy (non-hydrogen) atoms. The Balaban J connectivity index is 2.82. The second-order valence-corrected chi connectivity index (χ2v) is 5.04. The Morgan fingerprint density at radius 2 is 1.59 bits per heavy atom. The van der Waals surface area contributed by atoms with Crippen LogP contribution in [0.3, 0.4) is 0 Å². The minimum absolute atomic E-state index is 0.0388. The summed E-state index contributed by atoms with van der Waals surface area (Å²) in [4.78, 5) is 0. The summed E-state index contributed by atoms with van der Waals surface area (Å²) < 4.78 is 16.0. The lowest BCUT2D eigenvalue weighted by molar-refractivity contribution is 0.386. The zero-order valence-electron chi connectivity index (χ0n) is 13.5. The SMILES string of the molecule is COc1cc(O)c(-c2c(N)cc(C)c(OC)c2C)c(OC)c1. The average Bonchev–Trinajstić information content (AvgIpc) is 2.48. The van der Waals surface area contributed by atoms with Gasteiger partial charge in [0.1, 0.15) is 23.0 Å². The van der Waals surface area contributed by atoms with Crippen LogP contribution in [0.1, 0.15) is 11.1 Å². The monoisotopic (exact) mass is 303 g/mol. The van der Waals surface area contributed by atoms with E-state index in [0.717, 1.165) is 16.9 Å². The van der Waals surface area contributed by atoms with Crippen molar-refractivity contribution in [1.29, 1.82) is 0 Å². The smallest absolute Gasteiger partial charge is 0.134 e. The van der Waals surface area contributed by atoms with E-state index in [1.165, 1.54) is 20.3 Å². The molecule has 0 aliphatic rings. The summed E-state index contributed by atoms with van der Waals surface area (Å²) in [6.07, 6.45) is 0. The van der Waals surface area contributed by atoms with Crippen LogP contribution in [-0.4, -0.2) is 26.4 Å². The van der Waals surface area contributed by atoms with Crippen LogP contribution >= 0.6 is 0 Å². The van der Waals surface area contributed by atoms with E-state index < -0.39 is 0 Å². The molecule has 0 atom stereocenters. The molecule has 3 N–H and O–H groups in total. The topological polar surface area (TPSA) is 73.9 Å². The number of hydrogen-bond acceptors (Lipinski definition) is 5.